The van der Waals surface area contributed by atoms with Gasteiger partial charge >= 0.3 is 12.1 Å². The van der Waals surface area contributed by atoms with Crippen molar-refractivity contribution in [2.45, 2.75) is 31.9 Å². The van der Waals surface area contributed by atoms with E-state index < -0.39 is 0 Å². The second-order valence-electron chi connectivity index (χ2n) is 4.04. The summed E-state index contributed by atoms with van der Waals surface area (Å²) >= 11 is 0. The maximum atomic E-state index is 11.6. The number of hydrogen-bond acceptors (Lipinski definition) is 4. The molecule has 2 aliphatic rings. The predicted molar refractivity (Wildman–Crippen MR) is 51.2 cm³/mol. The molecule has 5 heteroatoms. The van der Waals surface area contributed by atoms with Crippen LogP contribution in [0, 0.1) is 5.92 Å². The molecule has 0 aromatic rings. The summed E-state index contributed by atoms with van der Waals surface area (Å²) in [4.78, 5) is 24.7. The van der Waals surface area contributed by atoms with E-state index in [-0.39, 0.29) is 30.1 Å². The molecular formula is C10H15NO4. The molecule has 1 amide bonds. The fourth-order valence-corrected chi connectivity index (χ4v) is 2.49. The largest absolute Gasteiger partial charge is 0.469 e. The maximum absolute atomic E-state index is 11.6. The quantitative estimate of drug-likeness (QED) is 0.604. The first kappa shape index (κ1) is 10.3. The highest BCUT2D eigenvalue weighted by Gasteiger charge is 2.48. The molecule has 0 aromatic heterocycles. The van der Waals surface area contributed by atoms with Crippen LogP contribution in [-0.2, 0) is 14.3 Å². The number of carbonyl (C=O) groups is 2. The molecule has 2 fully saturated rings. The molecule has 0 aromatic carbocycles. The highest BCUT2D eigenvalue weighted by atomic mass is 16.6. The second kappa shape index (κ2) is 3.72. The van der Waals surface area contributed by atoms with Crippen molar-refractivity contribution in [1.82, 2.24) is 4.90 Å². The Hall–Kier alpha value is -1.26. The van der Waals surface area contributed by atoms with Crippen molar-refractivity contribution < 1.29 is 19.1 Å². The first-order chi connectivity index (χ1) is 7.15. The molecule has 2 heterocycles. The number of hydrogen-bond donors (Lipinski definition) is 0. The Balaban J connectivity index is 2.21. The Bertz CT molecular complexity index is 291. The van der Waals surface area contributed by atoms with Crippen molar-refractivity contribution in [2.24, 2.45) is 5.92 Å². The summed E-state index contributed by atoms with van der Waals surface area (Å²) in [6, 6.07) is -0.0336. The molecule has 15 heavy (non-hydrogen) atoms. The lowest BCUT2D eigenvalue weighted by atomic mass is 9.91. The molecule has 0 spiro atoms. The number of esters is 1. The van der Waals surface area contributed by atoms with Crippen LogP contribution in [-0.4, -0.2) is 42.8 Å². The van der Waals surface area contributed by atoms with E-state index in [0.717, 1.165) is 12.8 Å². The van der Waals surface area contributed by atoms with Crippen molar-refractivity contribution in [3.63, 3.8) is 0 Å². The van der Waals surface area contributed by atoms with Crippen molar-refractivity contribution in [3.05, 3.63) is 0 Å². The molecule has 3 atom stereocenters. The third-order valence-corrected chi connectivity index (χ3v) is 3.21. The van der Waals surface area contributed by atoms with E-state index in [9.17, 15) is 9.59 Å². The minimum atomic E-state index is -0.385. The van der Waals surface area contributed by atoms with E-state index in [1.165, 1.54) is 7.11 Å². The van der Waals surface area contributed by atoms with Gasteiger partial charge in [-0.1, -0.05) is 0 Å². The Morgan fingerprint density at radius 2 is 2.33 bits per heavy atom. The fraction of sp³-hybridized carbons (Fsp3) is 0.800. The van der Waals surface area contributed by atoms with Gasteiger partial charge in [0.05, 0.1) is 13.2 Å². The third kappa shape index (κ3) is 1.56. The predicted octanol–water partition coefficient (Wildman–Crippen LogP) is 0.779. The number of rotatable bonds is 1. The zero-order chi connectivity index (χ0) is 11.0. The molecule has 2 rings (SSSR count). The van der Waals surface area contributed by atoms with Gasteiger partial charge in [-0.2, -0.15) is 0 Å². The van der Waals surface area contributed by atoms with Crippen LogP contribution in [0.3, 0.4) is 0 Å². The summed E-state index contributed by atoms with van der Waals surface area (Å²) in [6.45, 7) is 2.43. The second-order valence-corrected chi connectivity index (χ2v) is 4.04. The summed E-state index contributed by atoms with van der Waals surface area (Å²) in [5.41, 5.74) is 0. The zero-order valence-electron chi connectivity index (χ0n) is 8.93. The average Bonchev–Trinajstić information content (AvgIpc) is 2.66. The SMILES string of the molecule is COC(=O)[C@@H]1[C@@H](C)OC(=O)N2CCC[C@@H]12. The highest BCUT2D eigenvalue weighted by Crippen LogP contribution is 2.33. The van der Waals surface area contributed by atoms with Crippen LogP contribution < -0.4 is 0 Å². The van der Waals surface area contributed by atoms with Crippen LogP contribution in [0.4, 0.5) is 4.79 Å². The topological polar surface area (TPSA) is 55.8 Å². The van der Waals surface area contributed by atoms with Crippen molar-refractivity contribution in [3.8, 4) is 0 Å². The number of fused-ring (bicyclic) bond motifs is 1. The summed E-state index contributed by atoms with van der Waals surface area (Å²) < 4.78 is 9.87. The maximum Gasteiger partial charge on any atom is 0.410 e. The van der Waals surface area contributed by atoms with Gasteiger partial charge in [0.1, 0.15) is 12.0 Å². The highest BCUT2D eigenvalue weighted by molar-refractivity contribution is 5.78. The van der Waals surface area contributed by atoms with Gasteiger partial charge in [0.2, 0.25) is 0 Å². The normalized spacial score (nSPS) is 34.7. The van der Waals surface area contributed by atoms with Gasteiger partial charge in [-0.15, -0.1) is 0 Å². The Morgan fingerprint density at radius 3 is 3.00 bits per heavy atom. The lowest BCUT2D eigenvalue weighted by Gasteiger charge is -2.38. The van der Waals surface area contributed by atoms with Crippen LogP contribution in [0.1, 0.15) is 19.8 Å². The molecule has 84 valence electrons. The van der Waals surface area contributed by atoms with E-state index in [1.54, 1.807) is 11.8 Å². The molecule has 0 saturated carbocycles. The van der Waals surface area contributed by atoms with Gasteiger partial charge in [0, 0.05) is 6.54 Å². The van der Waals surface area contributed by atoms with Gasteiger partial charge < -0.3 is 14.4 Å². The van der Waals surface area contributed by atoms with Gasteiger partial charge in [-0.25, -0.2) is 4.79 Å². The van der Waals surface area contributed by atoms with E-state index >= 15 is 0 Å². The van der Waals surface area contributed by atoms with Crippen molar-refractivity contribution in [2.75, 3.05) is 13.7 Å². The minimum absolute atomic E-state index is 0.0336. The molecule has 5 nitrogen and oxygen atoms in total. The summed E-state index contributed by atoms with van der Waals surface area (Å²) in [6.07, 6.45) is 1.11. The van der Waals surface area contributed by atoms with Gasteiger partial charge in [0.25, 0.3) is 0 Å². The van der Waals surface area contributed by atoms with Crippen LogP contribution >= 0.6 is 0 Å². The number of carbonyl (C=O) groups excluding carboxylic acids is 2. The molecule has 0 bridgehead atoms. The van der Waals surface area contributed by atoms with E-state index in [1.807, 2.05) is 0 Å². The Kier molecular flexibility index (Phi) is 2.54. The molecule has 0 aliphatic carbocycles. The van der Waals surface area contributed by atoms with Crippen LogP contribution in [0.2, 0.25) is 0 Å². The summed E-state index contributed by atoms with van der Waals surface area (Å²) in [5.74, 6) is -0.623. The van der Waals surface area contributed by atoms with Gasteiger partial charge in [-0.05, 0) is 19.8 Å². The van der Waals surface area contributed by atoms with Gasteiger partial charge in [-0.3, -0.25) is 4.79 Å². The van der Waals surface area contributed by atoms with Gasteiger partial charge in [0.15, 0.2) is 0 Å². The fourth-order valence-electron chi connectivity index (χ4n) is 2.49. The van der Waals surface area contributed by atoms with Crippen molar-refractivity contribution >= 4 is 12.1 Å². The summed E-state index contributed by atoms with van der Waals surface area (Å²) in [5, 5.41) is 0. The standard InChI is InChI=1S/C10H15NO4/c1-6-8(9(12)14-2)7-4-3-5-11(7)10(13)15-6/h6-8H,3-5H2,1-2H3/t6-,7+,8-/m1/s1. The molecular weight excluding hydrogens is 198 g/mol. The Labute approximate surface area is 88.3 Å². The molecule has 2 aliphatic heterocycles. The smallest absolute Gasteiger partial charge is 0.410 e. The van der Waals surface area contributed by atoms with Crippen LogP contribution in [0.25, 0.3) is 0 Å². The number of amides is 1. The summed E-state index contributed by atoms with van der Waals surface area (Å²) in [7, 11) is 1.37. The van der Waals surface area contributed by atoms with Crippen LogP contribution in [0.5, 0.6) is 0 Å². The first-order valence-electron chi connectivity index (χ1n) is 5.20. The molecule has 0 radical (unpaired) electrons. The first-order valence-corrected chi connectivity index (χ1v) is 5.20. The Morgan fingerprint density at radius 1 is 1.60 bits per heavy atom. The lowest BCUT2D eigenvalue weighted by Crippen LogP contribution is -2.54. The third-order valence-electron chi connectivity index (χ3n) is 3.21. The zero-order valence-corrected chi connectivity index (χ0v) is 8.93. The van der Waals surface area contributed by atoms with E-state index in [4.69, 9.17) is 9.47 Å². The number of nitrogens with zero attached hydrogens (tertiary/aromatic N) is 1. The molecule has 0 N–H and O–H groups in total. The van der Waals surface area contributed by atoms with Crippen molar-refractivity contribution in [1.29, 1.82) is 0 Å². The molecule has 2 saturated heterocycles. The van der Waals surface area contributed by atoms with E-state index in [0.29, 0.717) is 6.54 Å². The lowest BCUT2D eigenvalue weighted by molar-refractivity contribution is -0.155. The monoisotopic (exact) mass is 213 g/mol. The molecule has 0 unspecified atom stereocenters. The number of ether oxygens (including phenoxy) is 2. The number of methoxy groups -OCH3 is 1. The average molecular weight is 213 g/mol. The number of cyclic esters (lactones) is 1. The van der Waals surface area contributed by atoms with E-state index in [2.05, 4.69) is 0 Å². The minimum Gasteiger partial charge on any atom is -0.469 e. The van der Waals surface area contributed by atoms with Crippen LogP contribution in [0.15, 0.2) is 0 Å².